The Balaban J connectivity index is 1.94. The summed E-state index contributed by atoms with van der Waals surface area (Å²) < 4.78 is 10.2. The molecule has 174 valence electrons. The van der Waals surface area contributed by atoms with Crippen molar-refractivity contribution in [3.63, 3.8) is 0 Å². The van der Waals surface area contributed by atoms with Crippen molar-refractivity contribution in [3.05, 3.63) is 35.4 Å². The standard InChI is InChI=1S/C22H30N4O6/c1-31-14-2-3-17-4-6-18(7-5-17)21(28)24-19(8-9-20(27)25-30)22(29)23-10-11-26-12-15-32-16-13-26/h4-7,19,30H,8-16H2,1H3,(H,23,29)(H,24,28)(H,25,27)/t19-/m0/s1. The molecule has 0 bridgehead atoms. The van der Waals surface area contributed by atoms with Crippen molar-refractivity contribution in [1.82, 2.24) is 21.0 Å². The summed E-state index contributed by atoms with van der Waals surface area (Å²) in [7, 11) is 1.56. The highest BCUT2D eigenvalue weighted by molar-refractivity contribution is 5.97. The minimum absolute atomic E-state index is 0.0437. The van der Waals surface area contributed by atoms with Gasteiger partial charge in [-0.3, -0.25) is 24.5 Å². The number of amides is 3. The Morgan fingerprint density at radius 2 is 1.94 bits per heavy atom. The summed E-state index contributed by atoms with van der Waals surface area (Å²) in [6, 6.07) is 5.70. The first-order valence-corrected chi connectivity index (χ1v) is 10.4. The number of hydrogen-bond acceptors (Lipinski definition) is 7. The number of morpholine rings is 1. The molecule has 0 aliphatic carbocycles. The molecule has 32 heavy (non-hydrogen) atoms. The Bertz CT molecular complexity index is 812. The lowest BCUT2D eigenvalue weighted by molar-refractivity contribution is -0.129. The van der Waals surface area contributed by atoms with Crippen molar-refractivity contribution >= 4 is 17.7 Å². The quantitative estimate of drug-likeness (QED) is 0.217. The summed E-state index contributed by atoms with van der Waals surface area (Å²) >= 11 is 0. The Morgan fingerprint density at radius 3 is 2.59 bits per heavy atom. The molecule has 1 fully saturated rings. The summed E-state index contributed by atoms with van der Waals surface area (Å²) in [5, 5.41) is 14.2. The minimum Gasteiger partial charge on any atom is -0.379 e. The van der Waals surface area contributed by atoms with Crippen molar-refractivity contribution in [1.29, 1.82) is 0 Å². The third-order valence-corrected chi connectivity index (χ3v) is 4.83. The molecule has 1 atom stereocenters. The van der Waals surface area contributed by atoms with Crippen LogP contribution in [0.25, 0.3) is 0 Å². The van der Waals surface area contributed by atoms with E-state index >= 15 is 0 Å². The summed E-state index contributed by atoms with van der Waals surface area (Å²) in [5.74, 6) is 4.27. The highest BCUT2D eigenvalue weighted by Crippen LogP contribution is 2.06. The monoisotopic (exact) mass is 446 g/mol. The molecule has 0 aromatic heterocycles. The van der Waals surface area contributed by atoms with Gasteiger partial charge in [-0.25, -0.2) is 5.48 Å². The van der Waals surface area contributed by atoms with E-state index in [4.69, 9.17) is 14.7 Å². The van der Waals surface area contributed by atoms with E-state index in [-0.39, 0.29) is 18.7 Å². The molecule has 1 aliphatic rings. The second kappa shape index (κ2) is 14.2. The Kier molecular flexibility index (Phi) is 11.2. The highest BCUT2D eigenvalue weighted by atomic mass is 16.5. The Morgan fingerprint density at radius 1 is 1.22 bits per heavy atom. The molecule has 10 heteroatoms. The molecule has 10 nitrogen and oxygen atoms in total. The van der Waals surface area contributed by atoms with Crippen LogP contribution in [-0.4, -0.2) is 87.0 Å². The molecule has 4 N–H and O–H groups in total. The number of hydrogen-bond donors (Lipinski definition) is 4. The number of hydroxylamine groups is 1. The fourth-order valence-corrected chi connectivity index (χ4v) is 3.04. The molecule has 1 saturated heterocycles. The third kappa shape index (κ3) is 9.03. The fraction of sp³-hybridized carbons (Fsp3) is 0.500. The molecule has 3 amide bonds. The van der Waals surface area contributed by atoms with Gasteiger partial charge in [-0.15, -0.1) is 0 Å². The third-order valence-electron chi connectivity index (χ3n) is 4.83. The van der Waals surface area contributed by atoms with Crippen LogP contribution in [0.15, 0.2) is 24.3 Å². The number of nitrogens with one attached hydrogen (secondary N) is 3. The zero-order chi connectivity index (χ0) is 23.2. The van der Waals surface area contributed by atoms with Crippen LogP contribution in [0.4, 0.5) is 0 Å². The average Bonchev–Trinajstić information content (AvgIpc) is 2.82. The van der Waals surface area contributed by atoms with E-state index in [2.05, 4.69) is 27.4 Å². The van der Waals surface area contributed by atoms with Crippen LogP contribution in [0.2, 0.25) is 0 Å². The van der Waals surface area contributed by atoms with E-state index in [9.17, 15) is 14.4 Å². The lowest BCUT2D eigenvalue weighted by atomic mass is 10.1. The van der Waals surface area contributed by atoms with Gasteiger partial charge in [0.25, 0.3) is 5.91 Å². The maximum absolute atomic E-state index is 12.7. The number of carbonyl (C=O) groups excluding carboxylic acids is 3. The number of rotatable bonds is 10. The van der Waals surface area contributed by atoms with E-state index in [0.717, 1.165) is 18.7 Å². The second-order valence-electron chi connectivity index (χ2n) is 7.16. The first-order valence-electron chi connectivity index (χ1n) is 10.4. The second-order valence-corrected chi connectivity index (χ2v) is 7.16. The van der Waals surface area contributed by atoms with Crippen LogP contribution in [0.1, 0.15) is 28.8 Å². The largest absolute Gasteiger partial charge is 0.379 e. The summed E-state index contributed by atoms with van der Waals surface area (Å²) in [5.41, 5.74) is 2.63. The van der Waals surface area contributed by atoms with Crippen LogP contribution in [-0.2, 0) is 19.1 Å². The van der Waals surface area contributed by atoms with E-state index < -0.39 is 17.9 Å². The average molecular weight is 447 g/mol. The zero-order valence-electron chi connectivity index (χ0n) is 18.2. The molecule has 2 rings (SSSR count). The van der Waals surface area contributed by atoms with Crippen LogP contribution in [0, 0.1) is 11.8 Å². The molecule has 0 unspecified atom stereocenters. The first-order chi connectivity index (χ1) is 15.5. The lowest BCUT2D eigenvalue weighted by Gasteiger charge is -2.27. The van der Waals surface area contributed by atoms with Gasteiger partial charge in [0.15, 0.2) is 0 Å². The molecule has 1 aromatic rings. The van der Waals surface area contributed by atoms with E-state index in [1.165, 1.54) is 5.48 Å². The molecule has 1 heterocycles. The predicted molar refractivity (Wildman–Crippen MR) is 116 cm³/mol. The normalized spacial score (nSPS) is 14.6. The molecule has 1 aromatic carbocycles. The topological polar surface area (TPSA) is 129 Å². The van der Waals surface area contributed by atoms with Gasteiger partial charge >= 0.3 is 0 Å². The van der Waals surface area contributed by atoms with Crippen LogP contribution in [0.3, 0.4) is 0 Å². The van der Waals surface area contributed by atoms with Gasteiger partial charge in [-0.2, -0.15) is 0 Å². The van der Waals surface area contributed by atoms with Gasteiger partial charge in [0.2, 0.25) is 11.8 Å². The van der Waals surface area contributed by atoms with Gasteiger partial charge in [-0.1, -0.05) is 11.8 Å². The highest BCUT2D eigenvalue weighted by Gasteiger charge is 2.22. The molecule has 0 radical (unpaired) electrons. The van der Waals surface area contributed by atoms with Crippen molar-refractivity contribution in [2.24, 2.45) is 0 Å². The predicted octanol–water partition coefficient (Wildman–Crippen LogP) is -0.483. The van der Waals surface area contributed by atoms with Crippen LogP contribution < -0.4 is 16.1 Å². The minimum atomic E-state index is -0.925. The van der Waals surface area contributed by atoms with Crippen molar-refractivity contribution in [2.75, 3.05) is 53.1 Å². The first kappa shape index (κ1) is 25.3. The molecule has 0 saturated carbocycles. The summed E-state index contributed by atoms with van der Waals surface area (Å²) in [6.45, 7) is 4.33. The lowest BCUT2D eigenvalue weighted by Crippen LogP contribution is -2.49. The number of nitrogens with zero attached hydrogens (tertiary/aromatic N) is 1. The Hall–Kier alpha value is -2.97. The zero-order valence-corrected chi connectivity index (χ0v) is 18.2. The summed E-state index contributed by atoms with van der Waals surface area (Å²) in [4.78, 5) is 38.9. The Labute approximate surface area is 187 Å². The van der Waals surface area contributed by atoms with Gasteiger partial charge < -0.3 is 20.1 Å². The molecule has 0 spiro atoms. The van der Waals surface area contributed by atoms with Gasteiger partial charge in [0.1, 0.15) is 12.6 Å². The van der Waals surface area contributed by atoms with Gasteiger partial charge in [-0.05, 0) is 30.7 Å². The van der Waals surface area contributed by atoms with Crippen molar-refractivity contribution in [2.45, 2.75) is 18.9 Å². The number of ether oxygens (including phenoxy) is 2. The van der Waals surface area contributed by atoms with Gasteiger partial charge in [0, 0.05) is 50.8 Å². The van der Waals surface area contributed by atoms with E-state index in [1.807, 2.05) is 0 Å². The fourth-order valence-electron chi connectivity index (χ4n) is 3.04. The van der Waals surface area contributed by atoms with Crippen molar-refractivity contribution in [3.8, 4) is 11.8 Å². The van der Waals surface area contributed by atoms with Gasteiger partial charge in [0.05, 0.1) is 13.2 Å². The van der Waals surface area contributed by atoms with Crippen molar-refractivity contribution < 1.29 is 29.1 Å². The molecular weight excluding hydrogens is 416 g/mol. The van der Waals surface area contributed by atoms with E-state index in [0.29, 0.717) is 38.5 Å². The maximum atomic E-state index is 12.7. The van der Waals surface area contributed by atoms with E-state index in [1.54, 1.807) is 31.4 Å². The van der Waals surface area contributed by atoms with Crippen LogP contribution >= 0.6 is 0 Å². The molecular formula is C22H30N4O6. The summed E-state index contributed by atoms with van der Waals surface area (Å²) in [6.07, 6.45) is -0.0749. The van der Waals surface area contributed by atoms with Crippen LogP contribution in [0.5, 0.6) is 0 Å². The SMILES string of the molecule is COCC#Cc1ccc(C(=O)N[C@@H](CCC(=O)NO)C(=O)NCCN2CCOCC2)cc1. The maximum Gasteiger partial charge on any atom is 0.251 e. The smallest absolute Gasteiger partial charge is 0.251 e. The number of benzene rings is 1. The number of carbonyl (C=O) groups is 3. The number of methoxy groups -OCH3 is 1. The molecule has 1 aliphatic heterocycles.